The molecule has 1 heterocycles. The number of carbonyl (C=O) groups is 1. The monoisotopic (exact) mass is 414 g/mol. The summed E-state index contributed by atoms with van der Waals surface area (Å²) >= 11 is 0. The maximum absolute atomic E-state index is 13.3. The minimum Gasteiger partial charge on any atom is -0.494 e. The Morgan fingerprint density at radius 2 is 1.72 bits per heavy atom. The summed E-state index contributed by atoms with van der Waals surface area (Å²) in [5.74, 6) is 0.337. The van der Waals surface area contributed by atoms with Crippen LogP contribution in [-0.4, -0.2) is 38.8 Å². The second-order valence-corrected chi connectivity index (χ2v) is 9.52. The lowest BCUT2D eigenvalue weighted by Crippen LogP contribution is -2.30. The van der Waals surface area contributed by atoms with Crippen LogP contribution in [0.1, 0.15) is 53.9 Å². The van der Waals surface area contributed by atoms with Gasteiger partial charge in [-0.2, -0.15) is 4.31 Å². The maximum atomic E-state index is 13.3. The maximum Gasteiger partial charge on any atom is 0.255 e. The molecule has 154 valence electrons. The Balaban J connectivity index is 1.75. The fraction of sp³-hybridized carbons (Fsp3) is 0.409. The minimum atomic E-state index is -3.58. The van der Waals surface area contributed by atoms with E-state index in [1.165, 1.54) is 7.11 Å². The average Bonchev–Trinajstić information content (AvgIpc) is 3.23. The van der Waals surface area contributed by atoms with Crippen molar-refractivity contribution in [3.63, 3.8) is 0 Å². The molecule has 1 N–H and O–H groups in total. The highest BCUT2D eigenvalue weighted by molar-refractivity contribution is 7.89. The first-order valence-corrected chi connectivity index (χ1v) is 11.5. The van der Waals surface area contributed by atoms with Crippen molar-refractivity contribution in [1.82, 2.24) is 4.31 Å². The van der Waals surface area contributed by atoms with Gasteiger partial charge in [0, 0.05) is 24.2 Å². The lowest BCUT2D eigenvalue weighted by atomic mass is 9.79. The Bertz CT molecular complexity index is 995. The fourth-order valence-corrected chi connectivity index (χ4v) is 5.85. The van der Waals surface area contributed by atoms with Crippen molar-refractivity contribution in [1.29, 1.82) is 0 Å². The average molecular weight is 415 g/mol. The number of ether oxygens (including phenoxy) is 1. The van der Waals surface area contributed by atoms with Gasteiger partial charge < -0.3 is 10.1 Å². The van der Waals surface area contributed by atoms with Crippen LogP contribution in [0.15, 0.2) is 47.4 Å². The van der Waals surface area contributed by atoms with Gasteiger partial charge in [0.05, 0.1) is 17.7 Å². The Labute approximate surface area is 171 Å². The number of hydrogen-bond donors (Lipinski definition) is 1. The summed E-state index contributed by atoms with van der Waals surface area (Å²) in [5.41, 5.74) is 1.74. The van der Waals surface area contributed by atoms with Crippen LogP contribution >= 0.6 is 0 Å². The summed E-state index contributed by atoms with van der Waals surface area (Å²) < 4.78 is 33.8. The molecule has 1 saturated carbocycles. The smallest absolute Gasteiger partial charge is 0.255 e. The zero-order chi connectivity index (χ0) is 20.4. The van der Waals surface area contributed by atoms with Gasteiger partial charge in [-0.25, -0.2) is 8.42 Å². The molecular weight excluding hydrogens is 388 g/mol. The quantitative estimate of drug-likeness (QED) is 0.775. The first-order valence-electron chi connectivity index (χ1n) is 10.1. The Hall–Kier alpha value is -2.38. The van der Waals surface area contributed by atoms with Crippen molar-refractivity contribution in [2.75, 3.05) is 25.5 Å². The SMILES string of the molecule is COc1c(NC(=O)c2ccccc2)ccc(S(=O)(=O)N2CCCC2)c1C1CCC1. The number of sulfonamides is 1. The Kier molecular flexibility index (Phi) is 5.61. The molecule has 7 heteroatoms. The summed E-state index contributed by atoms with van der Waals surface area (Å²) in [5, 5.41) is 2.90. The molecule has 2 aromatic carbocycles. The van der Waals surface area contributed by atoms with Crippen molar-refractivity contribution in [2.45, 2.75) is 42.9 Å². The molecule has 4 rings (SSSR count). The van der Waals surface area contributed by atoms with Gasteiger partial charge in [0.1, 0.15) is 5.75 Å². The highest BCUT2D eigenvalue weighted by Crippen LogP contribution is 2.47. The van der Waals surface area contributed by atoms with Crippen LogP contribution in [-0.2, 0) is 10.0 Å². The number of nitrogens with zero attached hydrogens (tertiary/aromatic N) is 1. The van der Waals surface area contributed by atoms with E-state index in [0.29, 0.717) is 40.5 Å². The molecule has 1 saturated heterocycles. The third kappa shape index (κ3) is 3.76. The summed E-state index contributed by atoms with van der Waals surface area (Å²) in [4.78, 5) is 13.0. The predicted octanol–water partition coefficient (Wildman–Crippen LogP) is 4.00. The van der Waals surface area contributed by atoms with Crippen LogP contribution in [0, 0.1) is 0 Å². The van der Waals surface area contributed by atoms with Crippen molar-refractivity contribution < 1.29 is 17.9 Å². The van der Waals surface area contributed by atoms with Crippen LogP contribution in [0.5, 0.6) is 5.75 Å². The molecule has 0 bridgehead atoms. The molecule has 0 unspecified atom stereocenters. The van der Waals surface area contributed by atoms with E-state index >= 15 is 0 Å². The normalized spacial score (nSPS) is 17.7. The highest BCUT2D eigenvalue weighted by Gasteiger charge is 2.36. The number of benzene rings is 2. The van der Waals surface area contributed by atoms with Crippen LogP contribution in [0.25, 0.3) is 0 Å². The molecule has 1 aliphatic heterocycles. The second kappa shape index (κ2) is 8.16. The molecule has 6 nitrogen and oxygen atoms in total. The Morgan fingerprint density at radius 3 is 2.31 bits per heavy atom. The first kappa shape index (κ1) is 19.9. The number of methoxy groups -OCH3 is 1. The van der Waals surface area contributed by atoms with E-state index < -0.39 is 10.0 Å². The topological polar surface area (TPSA) is 75.7 Å². The second-order valence-electron chi connectivity index (χ2n) is 7.62. The van der Waals surface area contributed by atoms with Gasteiger partial charge in [0.25, 0.3) is 5.91 Å². The van der Waals surface area contributed by atoms with E-state index in [4.69, 9.17) is 4.74 Å². The lowest BCUT2D eigenvalue weighted by Gasteiger charge is -2.31. The molecule has 2 aliphatic rings. The number of amides is 1. The van der Waals surface area contributed by atoms with Gasteiger partial charge in [0.15, 0.2) is 0 Å². The van der Waals surface area contributed by atoms with Crippen molar-refractivity contribution in [3.8, 4) is 5.75 Å². The molecule has 2 aromatic rings. The van der Waals surface area contributed by atoms with E-state index in [1.807, 2.05) is 6.07 Å². The summed E-state index contributed by atoms with van der Waals surface area (Å²) in [6.07, 6.45) is 4.70. The van der Waals surface area contributed by atoms with Gasteiger partial charge in [-0.05, 0) is 55.9 Å². The van der Waals surface area contributed by atoms with Crippen LogP contribution in [0.4, 0.5) is 5.69 Å². The molecule has 0 radical (unpaired) electrons. The first-order chi connectivity index (χ1) is 14.0. The zero-order valence-corrected chi connectivity index (χ0v) is 17.4. The standard InChI is InChI=1S/C22H26N2O4S/c1-28-21-18(23-22(25)17-8-3-2-4-9-17)12-13-19(20(21)16-10-7-11-16)29(26,27)24-14-5-6-15-24/h2-4,8-9,12-13,16H,5-7,10-11,14-15H2,1H3,(H,23,25). The third-order valence-corrected chi connectivity index (χ3v) is 7.80. The summed E-state index contributed by atoms with van der Waals surface area (Å²) in [7, 11) is -2.05. The van der Waals surface area contributed by atoms with Gasteiger partial charge in [-0.3, -0.25) is 4.79 Å². The largest absolute Gasteiger partial charge is 0.494 e. The summed E-state index contributed by atoms with van der Waals surface area (Å²) in [6, 6.07) is 12.2. The molecule has 1 amide bonds. The number of rotatable bonds is 6. The number of anilines is 1. The molecule has 0 spiro atoms. The highest BCUT2D eigenvalue weighted by atomic mass is 32.2. The third-order valence-electron chi connectivity index (χ3n) is 5.84. The van der Waals surface area contributed by atoms with Gasteiger partial charge in [0.2, 0.25) is 10.0 Å². The number of nitrogens with one attached hydrogen (secondary N) is 1. The Morgan fingerprint density at radius 1 is 1.03 bits per heavy atom. The summed E-state index contributed by atoms with van der Waals surface area (Å²) in [6.45, 7) is 1.11. The molecule has 29 heavy (non-hydrogen) atoms. The molecular formula is C22H26N2O4S. The van der Waals surface area contributed by atoms with Crippen molar-refractivity contribution in [3.05, 3.63) is 53.6 Å². The number of hydrogen-bond acceptors (Lipinski definition) is 4. The van der Waals surface area contributed by atoms with Gasteiger partial charge in [-0.1, -0.05) is 24.6 Å². The fourth-order valence-electron chi connectivity index (χ4n) is 4.06. The predicted molar refractivity (Wildman–Crippen MR) is 112 cm³/mol. The molecule has 0 aromatic heterocycles. The van der Waals surface area contributed by atoms with E-state index in [9.17, 15) is 13.2 Å². The van der Waals surface area contributed by atoms with Gasteiger partial charge in [-0.15, -0.1) is 0 Å². The van der Waals surface area contributed by atoms with Crippen molar-refractivity contribution in [2.24, 2.45) is 0 Å². The van der Waals surface area contributed by atoms with E-state index in [2.05, 4.69) is 5.32 Å². The minimum absolute atomic E-state index is 0.130. The molecule has 2 fully saturated rings. The van der Waals surface area contributed by atoms with Crippen LogP contribution in [0.3, 0.4) is 0 Å². The molecule has 0 atom stereocenters. The lowest BCUT2D eigenvalue weighted by molar-refractivity contribution is 0.102. The number of carbonyl (C=O) groups excluding carboxylic acids is 1. The van der Waals surface area contributed by atoms with E-state index in [-0.39, 0.29) is 11.8 Å². The van der Waals surface area contributed by atoms with E-state index in [1.54, 1.807) is 40.7 Å². The van der Waals surface area contributed by atoms with E-state index in [0.717, 1.165) is 32.1 Å². The van der Waals surface area contributed by atoms with Crippen molar-refractivity contribution >= 4 is 21.6 Å². The van der Waals surface area contributed by atoms with Gasteiger partial charge >= 0.3 is 0 Å². The van der Waals surface area contributed by atoms with Crippen LogP contribution in [0.2, 0.25) is 0 Å². The zero-order valence-electron chi connectivity index (χ0n) is 16.6. The molecule has 1 aliphatic carbocycles. The van der Waals surface area contributed by atoms with Crippen LogP contribution < -0.4 is 10.1 Å².